The molecule has 0 atom stereocenters. The zero-order valence-corrected chi connectivity index (χ0v) is 11.0. The van der Waals surface area contributed by atoms with Gasteiger partial charge in [0.15, 0.2) is 5.13 Å². The smallest absolute Gasteiger partial charge is 0.185 e. The second-order valence-corrected chi connectivity index (χ2v) is 4.65. The van der Waals surface area contributed by atoms with E-state index in [0.29, 0.717) is 0 Å². The van der Waals surface area contributed by atoms with Crippen LogP contribution < -0.4 is 10.6 Å². The summed E-state index contributed by atoms with van der Waals surface area (Å²) in [6, 6.07) is 7.84. The molecule has 1 aromatic heterocycles. The van der Waals surface area contributed by atoms with Crippen molar-refractivity contribution in [3.05, 3.63) is 29.6 Å². The van der Waals surface area contributed by atoms with Gasteiger partial charge in [-0.05, 0) is 26.0 Å². The molecule has 0 saturated carbocycles. The number of thiazole rings is 1. The van der Waals surface area contributed by atoms with E-state index >= 15 is 0 Å². The van der Waals surface area contributed by atoms with Gasteiger partial charge in [0.25, 0.3) is 0 Å². The predicted molar refractivity (Wildman–Crippen MR) is 75.5 cm³/mol. The quantitative estimate of drug-likeness (QED) is 0.843. The van der Waals surface area contributed by atoms with Crippen molar-refractivity contribution >= 4 is 22.2 Å². The zero-order chi connectivity index (χ0) is 12.3. The fourth-order valence-corrected chi connectivity index (χ4v) is 2.65. The summed E-state index contributed by atoms with van der Waals surface area (Å²) in [4.78, 5) is 6.91. The minimum Gasteiger partial charge on any atom is -0.399 e. The highest BCUT2D eigenvalue weighted by atomic mass is 32.1. The van der Waals surface area contributed by atoms with Crippen molar-refractivity contribution in [2.75, 3.05) is 23.7 Å². The average molecular weight is 247 g/mol. The predicted octanol–water partition coefficient (Wildman–Crippen LogP) is 3.24. The molecule has 2 aromatic rings. The Morgan fingerprint density at radius 2 is 1.82 bits per heavy atom. The van der Waals surface area contributed by atoms with Crippen molar-refractivity contribution < 1.29 is 0 Å². The molecule has 0 fully saturated rings. The maximum atomic E-state index is 5.68. The summed E-state index contributed by atoms with van der Waals surface area (Å²) in [6.45, 7) is 6.28. The van der Waals surface area contributed by atoms with Gasteiger partial charge in [-0.1, -0.05) is 12.1 Å². The standard InChI is InChI=1S/C13H17N3S/c1-3-16(4-2)13-15-12(9-17-13)10-5-7-11(14)8-6-10/h5-9H,3-4,14H2,1-2H3. The van der Waals surface area contributed by atoms with E-state index < -0.39 is 0 Å². The minimum absolute atomic E-state index is 0.785. The lowest BCUT2D eigenvalue weighted by molar-refractivity contribution is 0.860. The van der Waals surface area contributed by atoms with Crippen LogP contribution in [0.4, 0.5) is 10.8 Å². The monoisotopic (exact) mass is 247 g/mol. The van der Waals surface area contributed by atoms with Gasteiger partial charge in [0.1, 0.15) is 0 Å². The number of hydrogen-bond acceptors (Lipinski definition) is 4. The summed E-state index contributed by atoms with van der Waals surface area (Å²) in [6.07, 6.45) is 0. The lowest BCUT2D eigenvalue weighted by Gasteiger charge is -2.16. The molecule has 2 rings (SSSR count). The first-order valence-electron chi connectivity index (χ1n) is 5.81. The van der Waals surface area contributed by atoms with Crippen LogP contribution in [0.15, 0.2) is 29.6 Å². The van der Waals surface area contributed by atoms with Crippen LogP contribution in [0.3, 0.4) is 0 Å². The van der Waals surface area contributed by atoms with Gasteiger partial charge >= 0.3 is 0 Å². The van der Waals surface area contributed by atoms with Crippen LogP contribution in [0, 0.1) is 0 Å². The molecular weight excluding hydrogens is 230 g/mol. The molecule has 0 spiro atoms. The Hall–Kier alpha value is -1.55. The second kappa shape index (κ2) is 5.19. The summed E-state index contributed by atoms with van der Waals surface area (Å²) >= 11 is 1.69. The van der Waals surface area contributed by atoms with Gasteiger partial charge in [0.05, 0.1) is 5.69 Å². The number of hydrogen-bond donors (Lipinski definition) is 1. The fraction of sp³-hybridized carbons (Fsp3) is 0.308. The molecule has 0 bridgehead atoms. The van der Waals surface area contributed by atoms with Gasteiger partial charge in [-0.2, -0.15) is 0 Å². The van der Waals surface area contributed by atoms with Crippen LogP contribution in [-0.4, -0.2) is 18.1 Å². The lowest BCUT2D eigenvalue weighted by Crippen LogP contribution is -2.21. The molecule has 0 unspecified atom stereocenters. The summed E-state index contributed by atoms with van der Waals surface area (Å²) in [5, 5.41) is 3.18. The van der Waals surface area contributed by atoms with E-state index in [2.05, 4.69) is 29.1 Å². The van der Waals surface area contributed by atoms with Crippen molar-refractivity contribution in [2.45, 2.75) is 13.8 Å². The molecule has 0 amide bonds. The summed E-state index contributed by atoms with van der Waals surface area (Å²) in [7, 11) is 0. The SMILES string of the molecule is CCN(CC)c1nc(-c2ccc(N)cc2)cs1. The zero-order valence-electron chi connectivity index (χ0n) is 10.2. The van der Waals surface area contributed by atoms with Crippen LogP contribution in [0.1, 0.15) is 13.8 Å². The van der Waals surface area contributed by atoms with Crippen LogP contribution in [-0.2, 0) is 0 Å². The molecule has 90 valence electrons. The first-order valence-corrected chi connectivity index (χ1v) is 6.69. The highest BCUT2D eigenvalue weighted by Gasteiger charge is 2.08. The fourth-order valence-electron chi connectivity index (χ4n) is 1.69. The van der Waals surface area contributed by atoms with E-state index in [1.54, 1.807) is 11.3 Å². The van der Waals surface area contributed by atoms with Crippen molar-refractivity contribution in [3.63, 3.8) is 0 Å². The van der Waals surface area contributed by atoms with Crippen molar-refractivity contribution in [1.29, 1.82) is 0 Å². The molecule has 3 nitrogen and oxygen atoms in total. The molecule has 1 aromatic carbocycles. The van der Waals surface area contributed by atoms with Gasteiger partial charge in [0, 0.05) is 29.7 Å². The molecule has 2 N–H and O–H groups in total. The van der Waals surface area contributed by atoms with Gasteiger partial charge in [-0.3, -0.25) is 0 Å². The maximum Gasteiger partial charge on any atom is 0.185 e. The molecule has 0 saturated heterocycles. The second-order valence-electron chi connectivity index (χ2n) is 3.81. The molecule has 0 aliphatic rings. The molecule has 0 aliphatic heterocycles. The Bertz CT molecular complexity index is 472. The van der Waals surface area contributed by atoms with E-state index in [4.69, 9.17) is 5.73 Å². The van der Waals surface area contributed by atoms with Gasteiger partial charge in [-0.15, -0.1) is 11.3 Å². The Kier molecular flexibility index (Phi) is 3.64. The number of nitrogens with zero attached hydrogens (tertiary/aromatic N) is 2. The van der Waals surface area contributed by atoms with Crippen LogP contribution in [0.5, 0.6) is 0 Å². The van der Waals surface area contributed by atoms with Crippen LogP contribution in [0.2, 0.25) is 0 Å². The third-order valence-electron chi connectivity index (χ3n) is 2.73. The number of anilines is 2. The number of nitrogen functional groups attached to an aromatic ring is 1. The lowest BCUT2D eigenvalue weighted by atomic mass is 10.1. The van der Waals surface area contributed by atoms with Gasteiger partial charge in [-0.25, -0.2) is 4.98 Å². The number of nitrogens with two attached hydrogens (primary N) is 1. The van der Waals surface area contributed by atoms with Crippen molar-refractivity contribution in [2.24, 2.45) is 0 Å². The first-order chi connectivity index (χ1) is 8.24. The normalized spacial score (nSPS) is 10.5. The van der Waals surface area contributed by atoms with Gasteiger partial charge < -0.3 is 10.6 Å². The van der Waals surface area contributed by atoms with Gasteiger partial charge in [0.2, 0.25) is 0 Å². The van der Waals surface area contributed by atoms with Crippen LogP contribution in [0.25, 0.3) is 11.3 Å². The number of benzene rings is 1. The van der Waals surface area contributed by atoms with Crippen LogP contribution >= 0.6 is 11.3 Å². The van der Waals surface area contributed by atoms with E-state index in [1.807, 2.05) is 24.3 Å². The van der Waals surface area contributed by atoms with Crippen molar-refractivity contribution in [1.82, 2.24) is 4.98 Å². The Labute approximate surface area is 106 Å². The average Bonchev–Trinajstić information content (AvgIpc) is 2.81. The van der Waals surface area contributed by atoms with E-state index in [0.717, 1.165) is 35.2 Å². The highest BCUT2D eigenvalue weighted by molar-refractivity contribution is 7.14. The molecular formula is C13H17N3S. The molecule has 1 heterocycles. The third kappa shape index (κ3) is 2.58. The van der Waals surface area contributed by atoms with E-state index in [-0.39, 0.29) is 0 Å². The summed E-state index contributed by atoms with van der Waals surface area (Å²) in [5.74, 6) is 0. The molecule has 0 radical (unpaired) electrons. The van der Waals surface area contributed by atoms with E-state index in [9.17, 15) is 0 Å². The summed E-state index contributed by atoms with van der Waals surface area (Å²) in [5.41, 5.74) is 8.60. The summed E-state index contributed by atoms with van der Waals surface area (Å²) < 4.78 is 0. The number of aromatic nitrogens is 1. The molecule has 0 aliphatic carbocycles. The first kappa shape index (κ1) is 11.9. The third-order valence-corrected chi connectivity index (χ3v) is 3.63. The van der Waals surface area contributed by atoms with Crippen molar-refractivity contribution in [3.8, 4) is 11.3 Å². The maximum absolute atomic E-state index is 5.68. The number of rotatable bonds is 4. The minimum atomic E-state index is 0.785. The largest absolute Gasteiger partial charge is 0.399 e. The Morgan fingerprint density at radius 3 is 2.41 bits per heavy atom. The topological polar surface area (TPSA) is 42.2 Å². The molecule has 17 heavy (non-hydrogen) atoms. The highest BCUT2D eigenvalue weighted by Crippen LogP contribution is 2.27. The van der Waals surface area contributed by atoms with E-state index in [1.165, 1.54) is 0 Å². The Morgan fingerprint density at radius 1 is 1.18 bits per heavy atom. The Balaban J connectivity index is 2.26. The molecule has 4 heteroatoms.